The minimum absolute atomic E-state index is 0.0179. The summed E-state index contributed by atoms with van der Waals surface area (Å²) in [4.78, 5) is 38.0. The quantitative estimate of drug-likeness (QED) is 0.257. The number of oxazole rings is 2. The lowest BCUT2D eigenvalue weighted by Gasteiger charge is -2.29. The third-order valence-corrected chi connectivity index (χ3v) is 8.17. The molecule has 2 aromatic heterocycles. The van der Waals surface area contributed by atoms with Crippen molar-refractivity contribution in [1.82, 2.24) is 25.5 Å². The van der Waals surface area contributed by atoms with Gasteiger partial charge >= 0.3 is 0 Å². The summed E-state index contributed by atoms with van der Waals surface area (Å²) < 4.78 is 39.1. The Morgan fingerprint density at radius 1 is 1.09 bits per heavy atom. The van der Waals surface area contributed by atoms with E-state index in [9.17, 15) is 23.5 Å². The highest BCUT2D eigenvalue weighted by molar-refractivity contribution is 6.01. The van der Waals surface area contributed by atoms with Crippen molar-refractivity contribution in [3.8, 4) is 11.5 Å². The van der Waals surface area contributed by atoms with Crippen molar-refractivity contribution in [1.29, 1.82) is 0 Å². The molecule has 0 bridgehead atoms. The maximum absolute atomic E-state index is 14.0. The number of halogens is 2. The van der Waals surface area contributed by atoms with Gasteiger partial charge in [-0.15, -0.1) is 0 Å². The average molecular weight is 606 g/mol. The molecule has 2 aromatic carbocycles. The summed E-state index contributed by atoms with van der Waals surface area (Å²) in [7, 11) is 0. The van der Waals surface area contributed by atoms with E-state index in [-0.39, 0.29) is 47.0 Å². The molecule has 0 saturated carbocycles. The third kappa shape index (κ3) is 6.41. The first-order chi connectivity index (χ1) is 21.2. The second-order valence-electron chi connectivity index (χ2n) is 11.4. The lowest BCUT2D eigenvalue weighted by molar-refractivity contribution is 0.0715. The first-order valence-electron chi connectivity index (χ1n) is 14.7. The van der Waals surface area contributed by atoms with Crippen LogP contribution >= 0.6 is 0 Å². The van der Waals surface area contributed by atoms with Crippen molar-refractivity contribution in [3.63, 3.8) is 0 Å². The molecule has 0 radical (unpaired) electrons. The van der Waals surface area contributed by atoms with E-state index in [0.717, 1.165) is 24.6 Å². The van der Waals surface area contributed by atoms with Gasteiger partial charge in [0, 0.05) is 35.3 Å². The van der Waals surface area contributed by atoms with Crippen LogP contribution < -0.4 is 10.6 Å². The van der Waals surface area contributed by atoms with Gasteiger partial charge in [-0.3, -0.25) is 9.59 Å². The Kier molecular flexibility index (Phi) is 8.53. The Morgan fingerprint density at radius 3 is 2.57 bits per heavy atom. The number of hydrogen-bond donors (Lipinski definition) is 3. The lowest BCUT2D eigenvalue weighted by Crippen LogP contribution is -2.52. The van der Waals surface area contributed by atoms with Gasteiger partial charge in [0.2, 0.25) is 11.8 Å². The topological polar surface area (TPSA) is 134 Å². The van der Waals surface area contributed by atoms with Crippen LogP contribution in [0.5, 0.6) is 0 Å². The third-order valence-electron chi connectivity index (χ3n) is 8.17. The zero-order valence-corrected chi connectivity index (χ0v) is 24.1. The van der Waals surface area contributed by atoms with Gasteiger partial charge in [-0.1, -0.05) is 0 Å². The molecule has 12 heteroatoms. The van der Waals surface area contributed by atoms with Gasteiger partial charge in [-0.05, 0) is 81.5 Å². The predicted molar refractivity (Wildman–Crippen MR) is 155 cm³/mol. The van der Waals surface area contributed by atoms with Crippen LogP contribution in [0.15, 0.2) is 64.0 Å². The van der Waals surface area contributed by atoms with Gasteiger partial charge in [0.1, 0.15) is 30.2 Å². The summed E-state index contributed by atoms with van der Waals surface area (Å²) >= 11 is 0. The number of aliphatic hydroxyl groups is 1. The van der Waals surface area contributed by atoms with Crippen molar-refractivity contribution >= 4 is 11.8 Å². The second-order valence-corrected chi connectivity index (χ2v) is 11.4. The van der Waals surface area contributed by atoms with Crippen LogP contribution in [0.1, 0.15) is 69.6 Å². The van der Waals surface area contributed by atoms with E-state index >= 15 is 0 Å². The summed E-state index contributed by atoms with van der Waals surface area (Å²) in [5.41, 5.74) is 1.79. The first-order valence-corrected chi connectivity index (χ1v) is 14.7. The van der Waals surface area contributed by atoms with Crippen LogP contribution in [0.3, 0.4) is 0 Å². The fourth-order valence-corrected chi connectivity index (χ4v) is 6.10. The van der Waals surface area contributed by atoms with E-state index in [1.165, 1.54) is 30.7 Å². The smallest absolute Gasteiger partial charge is 0.254 e. The molecule has 3 N–H and O–H groups in total. The number of carbonyl (C=O) groups is 2. The Morgan fingerprint density at radius 2 is 1.89 bits per heavy atom. The summed E-state index contributed by atoms with van der Waals surface area (Å²) in [6.07, 6.45) is 6.33. The van der Waals surface area contributed by atoms with Crippen molar-refractivity contribution in [2.45, 2.75) is 63.3 Å². The van der Waals surface area contributed by atoms with Crippen LogP contribution in [0.25, 0.3) is 11.5 Å². The number of likely N-dealkylation sites (tertiary alicyclic amines) is 1. The number of nitrogens with zero attached hydrogens (tertiary/aromatic N) is 3. The molecular weight excluding hydrogens is 572 g/mol. The molecule has 4 aromatic rings. The van der Waals surface area contributed by atoms with Gasteiger partial charge in [-0.25, -0.2) is 18.7 Å². The largest absolute Gasteiger partial charge is 0.446 e. The van der Waals surface area contributed by atoms with Gasteiger partial charge in [0.15, 0.2) is 0 Å². The minimum atomic E-state index is -1.04. The van der Waals surface area contributed by atoms with Crippen LogP contribution in [0, 0.1) is 18.6 Å². The highest BCUT2D eigenvalue weighted by Crippen LogP contribution is 2.33. The lowest BCUT2D eigenvalue weighted by atomic mass is 9.94. The Bertz CT molecular complexity index is 1620. The number of nitrogens with one attached hydrogen (secondary N) is 2. The monoisotopic (exact) mass is 605 g/mol. The van der Waals surface area contributed by atoms with E-state index in [1.807, 2.05) is 6.92 Å². The number of aromatic nitrogens is 2. The van der Waals surface area contributed by atoms with Crippen molar-refractivity contribution in [2.75, 3.05) is 13.1 Å². The summed E-state index contributed by atoms with van der Waals surface area (Å²) in [6.45, 7) is 3.02. The van der Waals surface area contributed by atoms with Crippen LogP contribution in [-0.4, -0.2) is 63.1 Å². The normalized spacial score (nSPS) is 19.7. The van der Waals surface area contributed by atoms with E-state index in [0.29, 0.717) is 37.4 Å². The van der Waals surface area contributed by atoms with E-state index < -0.39 is 29.7 Å². The molecule has 0 spiro atoms. The molecule has 6 rings (SSSR count). The number of amides is 2. The molecule has 4 heterocycles. The van der Waals surface area contributed by atoms with Crippen LogP contribution in [-0.2, 0) is 6.42 Å². The van der Waals surface area contributed by atoms with Crippen LogP contribution in [0.4, 0.5) is 8.78 Å². The van der Waals surface area contributed by atoms with Crippen molar-refractivity contribution < 1.29 is 32.3 Å². The molecule has 2 aliphatic rings. The molecular formula is C32H33F2N5O5. The fourth-order valence-electron chi connectivity index (χ4n) is 6.10. The van der Waals surface area contributed by atoms with Gasteiger partial charge in [-0.2, -0.15) is 0 Å². The number of benzene rings is 2. The highest BCUT2D eigenvalue weighted by Gasteiger charge is 2.35. The Labute approximate surface area is 252 Å². The molecule has 0 aliphatic carbocycles. The standard InChI is InChI=1S/C32H33F2N5O5/c1-18-17-44-31(37-18)27-5-3-8-39(27)32(42)22-14-20(13-21(15-22)30-36-7-9-43-30)29(41)38-26(28(40)25-4-2-6-35-25)12-19-10-23(33)16-24(34)11-19/h7,9-11,13-17,25-28,35,40H,2-6,8,12H2,1H3,(H,38,41)/t25-,26?,27+,28+/m0/s1. The number of aliphatic hydroxyl groups excluding tert-OH is 1. The van der Waals surface area contributed by atoms with Gasteiger partial charge in [0.05, 0.1) is 24.0 Å². The highest BCUT2D eigenvalue weighted by atomic mass is 19.1. The molecule has 2 fully saturated rings. The molecule has 2 aliphatic heterocycles. The summed E-state index contributed by atoms with van der Waals surface area (Å²) in [6, 6.07) is 6.25. The van der Waals surface area contributed by atoms with E-state index in [4.69, 9.17) is 8.83 Å². The molecule has 230 valence electrons. The van der Waals surface area contributed by atoms with E-state index in [1.54, 1.807) is 23.3 Å². The Hall–Kier alpha value is -4.42. The molecule has 44 heavy (non-hydrogen) atoms. The zero-order valence-electron chi connectivity index (χ0n) is 24.1. The average Bonchev–Trinajstić information content (AvgIpc) is 3.83. The molecule has 2 saturated heterocycles. The number of carbonyl (C=O) groups excluding carboxylic acids is 2. The number of rotatable bonds is 9. The number of hydrogen-bond acceptors (Lipinski definition) is 8. The molecule has 4 atom stereocenters. The maximum Gasteiger partial charge on any atom is 0.254 e. The van der Waals surface area contributed by atoms with Gasteiger partial charge in [0.25, 0.3) is 11.8 Å². The minimum Gasteiger partial charge on any atom is -0.446 e. The van der Waals surface area contributed by atoms with E-state index in [2.05, 4.69) is 20.6 Å². The van der Waals surface area contributed by atoms with Crippen molar-refractivity contribution in [2.24, 2.45) is 0 Å². The SMILES string of the molecule is Cc1coc([C@H]2CCCN2C(=O)c2cc(C(=O)NC(Cc3cc(F)cc(F)c3)[C@H](O)[C@@H]3CCCN3)cc(-c3ncco3)c2)n1. The zero-order chi connectivity index (χ0) is 30.8. The summed E-state index contributed by atoms with van der Waals surface area (Å²) in [5.74, 6) is -1.71. The van der Waals surface area contributed by atoms with Crippen molar-refractivity contribution in [3.05, 3.63) is 95.0 Å². The molecule has 1 unspecified atom stereocenters. The molecule has 2 amide bonds. The van der Waals surface area contributed by atoms with Gasteiger partial charge < -0.3 is 29.5 Å². The molecule has 10 nitrogen and oxygen atoms in total. The summed E-state index contributed by atoms with van der Waals surface area (Å²) in [5, 5.41) is 17.4. The maximum atomic E-state index is 14.0. The fraction of sp³-hybridized carbons (Fsp3) is 0.375. The predicted octanol–water partition coefficient (Wildman–Crippen LogP) is 4.35. The number of aryl methyl sites for hydroxylation is 1. The second kappa shape index (κ2) is 12.7. The first kappa shape index (κ1) is 29.6. The Balaban J connectivity index is 1.31. The van der Waals surface area contributed by atoms with Crippen LogP contribution in [0.2, 0.25) is 0 Å².